The molecule has 0 amide bonds. The maximum Gasteiger partial charge on any atom is 0.0728 e. The van der Waals surface area contributed by atoms with Crippen LogP contribution >= 0.6 is 0 Å². The first-order chi connectivity index (χ1) is 10.4. The van der Waals surface area contributed by atoms with E-state index in [9.17, 15) is 20.4 Å². The fourth-order valence-corrected chi connectivity index (χ4v) is 1.55. The first kappa shape index (κ1) is 18.9. The quantitative estimate of drug-likeness (QED) is 0.296. The van der Waals surface area contributed by atoms with Gasteiger partial charge in [0.2, 0.25) is 0 Å². The summed E-state index contributed by atoms with van der Waals surface area (Å²) < 4.78 is 0. The van der Waals surface area contributed by atoms with Gasteiger partial charge in [-0.05, 0) is 13.8 Å². The summed E-state index contributed by atoms with van der Waals surface area (Å²) in [7, 11) is 0. The van der Waals surface area contributed by atoms with Crippen molar-refractivity contribution in [3.8, 4) is 0 Å². The number of hydrogen-bond acceptors (Lipinski definition) is 8. The van der Waals surface area contributed by atoms with E-state index in [1.807, 2.05) is 0 Å². The summed E-state index contributed by atoms with van der Waals surface area (Å²) in [6.45, 7) is 3.37. The fourth-order valence-electron chi connectivity index (χ4n) is 1.55. The number of aromatic nitrogens is 2. The van der Waals surface area contributed by atoms with Gasteiger partial charge in [0.1, 0.15) is 0 Å². The third-order valence-electron chi connectivity index (χ3n) is 3.52. The second-order valence-electron chi connectivity index (χ2n) is 5.96. The van der Waals surface area contributed by atoms with Crippen molar-refractivity contribution in [3.63, 3.8) is 0 Å². The normalized spacial score (nSPS) is 12.6. The molecule has 6 N–H and O–H groups in total. The van der Waals surface area contributed by atoms with Crippen molar-refractivity contribution in [1.29, 1.82) is 0 Å². The Bertz CT molecular complexity index is 413. The summed E-state index contributed by atoms with van der Waals surface area (Å²) in [6.07, 6.45) is 3.20. The van der Waals surface area contributed by atoms with E-state index in [2.05, 4.69) is 20.6 Å². The number of aliphatic hydroxyl groups is 4. The summed E-state index contributed by atoms with van der Waals surface area (Å²) in [5, 5.41) is 43.0. The number of hydrogen-bond donors (Lipinski definition) is 6. The van der Waals surface area contributed by atoms with Gasteiger partial charge >= 0.3 is 0 Å². The highest BCUT2D eigenvalue weighted by Crippen LogP contribution is 2.06. The topological polar surface area (TPSA) is 131 Å². The number of aliphatic hydroxyl groups excluding tert-OH is 4. The molecule has 1 rings (SSSR count). The van der Waals surface area contributed by atoms with Crippen LogP contribution in [0.2, 0.25) is 0 Å². The lowest BCUT2D eigenvalue weighted by Gasteiger charge is -2.27. The molecular formula is C14H26N4O4. The zero-order valence-corrected chi connectivity index (χ0v) is 13.1. The number of nitrogens with one attached hydrogen (secondary N) is 2. The maximum atomic E-state index is 9.23. The van der Waals surface area contributed by atoms with Gasteiger partial charge in [-0.15, -0.1) is 0 Å². The van der Waals surface area contributed by atoms with Crippen molar-refractivity contribution >= 4 is 0 Å². The average molecular weight is 314 g/mol. The smallest absolute Gasteiger partial charge is 0.0728 e. The monoisotopic (exact) mass is 314 g/mol. The Morgan fingerprint density at radius 2 is 1.18 bits per heavy atom. The van der Waals surface area contributed by atoms with E-state index in [-0.39, 0.29) is 26.4 Å². The molecule has 0 aliphatic carbocycles. The highest BCUT2D eigenvalue weighted by atomic mass is 16.3. The molecule has 0 aromatic carbocycles. The molecule has 0 saturated heterocycles. The van der Waals surface area contributed by atoms with Gasteiger partial charge < -0.3 is 31.1 Å². The molecule has 0 aliphatic rings. The second kappa shape index (κ2) is 8.47. The Morgan fingerprint density at radius 3 is 1.50 bits per heavy atom. The molecule has 0 saturated carbocycles. The third-order valence-corrected chi connectivity index (χ3v) is 3.52. The van der Waals surface area contributed by atoms with Gasteiger partial charge in [-0.3, -0.25) is 9.97 Å². The molecule has 0 atom stereocenters. The van der Waals surface area contributed by atoms with Gasteiger partial charge in [0.15, 0.2) is 0 Å². The van der Waals surface area contributed by atoms with Crippen LogP contribution in [-0.2, 0) is 13.1 Å². The summed E-state index contributed by atoms with van der Waals surface area (Å²) >= 11 is 0. The van der Waals surface area contributed by atoms with Gasteiger partial charge in [-0.1, -0.05) is 0 Å². The van der Waals surface area contributed by atoms with Crippen LogP contribution in [0.1, 0.15) is 25.2 Å². The molecule has 126 valence electrons. The van der Waals surface area contributed by atoms with Crippen LogP contribution in [0.3, 0.4) is 0 Å². The van der Waals surface area contributed by atoms with Crippen LogP contribution in [0.5, 0.6) is 0 Å². The van der Waals surface area contributed by atoms with Crippen LogP contribution in [-0.4, -0.2) is 67.9 Å². The standard InChI is InChI=1S/C14H26N4O4/c1-13(7-19,8-20)16-5-11-3-15-4-12(18-11)6-17-14(2,9-21)10-22/h3-4,16-17,19-22H,5-10H2,1-2H3. The Kier molecular flexibility index (Phi) is 7.27. The number of rotatable bonds is 10. The molecule has 1 heterocycles. The van der Waals surface area contributed by atoms with Crippen LogP contribution < -0.4 is 10.6 Å². The lowest BCUT2D eigenvalue weighted by molar-refractivity contribution is 0.102. The maximum absolute atomic E-state index is 9.23. The highest BCUT2D eigenvalue weighted by Gasteiger charge is 2.22. The Hall–Kier alpha value is -1.16. The van der Waals surface area contributed by atoms with Crippen LogP contribution in [0.15, 0.2) is 12.4 Å². The largest absolute Gasteiger partial charge is 0.394 e. The molecule has 0 fully saturated rings. The molecule has 8 nitrogen and oxygen atoms in total. The van der Waals surface area contributed by atoms with E-state index in [4.69, 9.17) is 0 Å². The molecule has 1 aromatic rings. The van der Waals surface area contributed by atoms with Gasteiger partial charge in [0.25, 0.3) is 0 Å². The van der Waals surface area contributed by atoms with Gasteiger partial charge in [0, 0.05) is 25.5 Å². The van der Waals surface area contributed by atoms with Crippen molar-refractivity contribution < 1.29 is 20.4 Å². The van der Waals surface area contributed by atoms with Gasteiger partial charge in [-0.2, -0.15) is 0 Å². The Balaban J connectivity index is 2.63. The van der Waals surface area contributed by atoms with Crippen LogP contribution in [0, 0.1) is 0 Å². The van der Waals surface area contributed by atoms with E-state index >= 15 is 0 Å². The molecule has 0 bridgehead atoms. The third kappa shape index (κ3) is 5.56. The minimum atomic E-state index is -0.776. The first-order valence-corrected chi connectivity index (χ1v) is 7.13. The SMILES string of the molecule is CC(CO)(CO)NCc1cncc(CNC(C)(CO)CO)n1. The minimum absolute atomic E-state index is 0.191. The Labute approximate surface area is 130 Å². The van der Waals surface area contributed by atoms with Crippen molar-refractivity contribution in [2.75, 3.05) is 26.4 Å². The molecule has 1 aromatic heterocycles. The lowest BCUT2D eigenvalue weighted by atomic mass is 10.1. The molecule has 0 spiro atoms. The number of nitrogens with zero attached hydrogens (tertiary/aromatic N) is 2. The summed E-state index contributed by atoms with van der Waals surface area (Å²) in [6, 6.07) is 0. The molecule has 8 heteroatoms. The summed E-state index contributed by atoms with van der Waals surface area (Å²) in [4.78, 5) is 8.50. The molecule has 0 aliphatic heterocycles. The summed E-state index contributed by atoms with van der Waals surface area (Å²) in [5.74, 6) is 0. The summed E-state index contributed by atoms with van der Waals surface area (Å²) in [5.41, 5.74) is -0.214. The zero-order chi connectivity index (χ0) is 16.6. The van der Waals surface area contributed by atoms with Crippen LogP contribution in [0.25, 0.3) is 0 Å². The molecule has 0 unspecified atom stereocenters. The van der Waals surface area contributed by atoms with E-state index < -0.39 is 11.1 Å². The Morgan fingerprint density at radius 1 is 0.818 bits per heavy atom. The van der Waals surface area contributed by atoms with Crippen molar-refractivity contribution in [2.45, 2.75) is 38.0 Å². The highest BCUT2D eigenvalue weighted by molar-refractivity contribution is 5.04. The van der Waals surface area contributed by atoms with E-state index in [0.717, 1.165) is 0 Å². The molecular weight excluding hydrogens is 288 g/mol. The molecule has 0 radical (unpaired) electrons. The van der Waals surface area contributed by atoms with Crippen molar-refractivity contribution in [3.05, 3.63) is 23.8 Å². The van der Waals surface area contributed by atoms with Crippen molar-refractivity contribution in [1.82, 2.24) is 20.6 Å². The second-order valence-corrected chi connectivity index (χ2v) is 5.96. The molecule has 22 heavy (non-hydrogen) atoms. The van der Waals surface area contributed by atoms with E-state index in [1.54, 1.807) is 26.2 Å². The van der Waals surface area contributed by atoms with E-state index in [1.165, 1.54) is 0 Å². The van der Waals surface area contributed by atoms with Crippen molar-refractivity contribution in [2.24, 2.45) is 0 Å². The van der Waals surface area contributed by atoms with Crippen LogP contribution in [0.4, 0.5) is 0 Å². The first-order valence-electron chi connectivity index (χ1n) is 7.13. The predicted molar refractivity (Wildman–Crippen MR) is 80.9 cm³/mol. The fraction of sp³-hybridized carbons (Fsp3) is 0.714. The van der Waals surface area contributed by atoms with Gasteiger partial charge in [-0.25, -0.2) is 0 Å². The lowest BCUT2D eigenvalue weighted by Crippen LogP contribution is -2.49. The van der Waals surface area contributed by atoms with E-state index in [0.29, 0.717) is 24.5 Å². The average Bonchev–Trinajstić information content (AvgIpc) is 2.58. The van der Waals surface area contributed by atoms with Gasteiger partial charge in [0.05, 0.1) is 48.9 Å². The zero-order valence-electron chi connectivity index (χ0n) is 13.1. The predicted octanol–water partition coefficient (Wildman–Crippen LogP) is -1.86. The minimum Gasteiger partial charge on any atom is -0.394 e.